The molecule has 3 heteroatoms. The van der Waals surface area contributed by atoms with Gasteiger partial charge in [-0.25, -0.2) is 0 Å². The predicted octanol–water partition coefficient (Wildman–Crippen LogP) is 3.70. The molecule has 0 saturated heterocycles. The Morgan fingerprint density at radius 3 is 2.60 bits per heavy atom. The van der Waals surface area contributed by atoms with E-state index in [1.165, 1.54) is 0 Å². The molecule has 0 aliphatic carbocycles. The van der Waals surface area contributed by atoms with Crippen molar-refractivity contribution in [2.24, 2.45) is 0 Å². The van der Waals surface area contributed by atoms with E-state index in [1.807, 2.05) is 19.1 Å². The quantitative estimate of drug-likeness (QED) is 0.654. The largest absolute Gasteiger partial charge is 0.142 e. The third-order valence-corrected chi connectivity index (χ3v) is 3.13. The monoisotopic (exact) mass is 236 g/mol. The summed E-state index contributed by atoms with van der Waals surface area (Å²) in [6, 6.07) is 3.70. The molecule has 0 fully saturated rings. The van der Waals surface area contributed by atoms with Gasteiger partial charge in [0, 0.05) is 14.4 Å². The van der Waals surface area contributed by atoms with E-state index >= 15 is 0 Å². The first-order chi connectivity index (χ1) is 4.61. The maximum atomic E-state index is 5.75. The van der Waals surface area contributed by atoms with Crippen LogP contribution in [0, 0.1) is 6.92 Å². The lowest BCUT2D eigenvalue weighted by molar-refractivity contribution is 1.32. The normalized spacial score (nSPS) is 10.0. The summed E-state index contributed by atoms with van der Waals surface area (Å²) < 4.78 is 1.01. The van der Waals surface area contributed by atoms with E-state index in [-0.39, 0.29) is 0 Å². The molecule has 0 nitrogen and oxygen atoms in total. The average Bonchev–Trinajstić information content (AvgIpc) is 1.82. The summed E-state index contributed by atoms with van der Waals surface area (Å²) in [6.07, 6.45) is 0. The van der Waals surface area contributed by atoms with Crippen molar-refractivity contribution in [2.75, 3.05) is 0 Å². The zero-order valence-corrected chi connectivity index (χ0v) is 8.59. The van der Waals surface area contributed by atoms with Crippen LogP contribution in [-0.4, -0.2) is 0 Å². The molecule has 0 atom stereocenters. The first kappa shape index (κ1) is 8.44. The predicted molar refractivity (Wildman–Crippen MR) is 51.1 cm³/mol. The van der Waals surface area contributed by atoms with Gasteiger partial charge < -0.3 is 0 Å². The van der Waals surface area contributed by atoms with Crippen molar-refractivity contribution in [1.82, 2.24) is 0 Å². The molecule has 0 spiro atoms. The van der Waals surface area contributed by atoms with Crippen molar-refractivity contribution in [2.45, 2.75) is 11.8 Å². The number of halogens is 2. The van der Waals surface area contributed by atoms with E-state index < -0.39 is 0 Å². The Hall–Kier alpha value is 0.340. The molecule has 1 rings (SSSR count). The summed E-state index contributed by atoms with van der Waals surface area (Å²) in [7, 11) is 0. The van der Waals surface area contributed by atoms with Crippen molar-refractivity contribution in [3.63, 3.8) is 0 Å². The molecule has 0 bridgehead atoms. The van der Waals surface area contributed by atoms with Crippen molar-refractivity contribution >= 4 is 40.2 Å². The molecule has 0 radical (unpaired) electrons. The summed E-state index contributed by atoms with van der Waals surface area (Å²) in [6.45, 7) is 1.98. The maximum Gasteiger partial charge on any atom is 0.0420 e. The van der Waals surface area contributed by atoms with Gasteiger partial charge in [-0.3, -0.25) is 0 Å². The molecular formula is C7H6BrClS. The molecule has 0 saturated carbocycles. The summed E-state index contributed by atoms with van der Waals surface area (Å²) in [5.41, 5.74) is 1.11. The number of thiol groups is 1. The zero-order valence-electron chi connectivity index (χ0n) is 5.36. The van der Waals surface area contributed by atoms with Gasteiger partial charge in [0.2, 0.25) is 0 Å². The van der Waals surface area contributed by atoms with E-state index in [1.54, 1.807) is 0 Å². The van der Waals surface area contributed by atoms with Crippen LogP contribution < -0.4 is 0 Å². The second-order valence-corrected chi connectivity index (χ2v) is 3.77. The smallest absolute Gasteiger partial charge is 0.0420 e. The Bertz CT molecular complexity index is 237. The van der Waals surface area contributed by atoms with Gasteiger partial charge >= 0.3 is 0 Å². The second-order valence-electron chi connectivity index (χ2n) is 2.06. The van der Waals surface area contributed by atoms with Crippen LogP contribution in [0.15, 0.2) is 21.5 Å². The highest BCUT2D eigenvalue weighted by Gasteiger charge is 1.99. The lowest BCUT2D eigenvalue weighted by Crippen LogP contribution is -1.77. The molecule has 0 aliphatic rings. The van der Waals surface area contributed by atoms with Crippen molar-refractivity contribution in [3.8, 4) is 0 Å². The number of benzene rings is 1. The van der Waals surface area contributed by atoms with Crippen LogP contribution in [-0.2, 0) is 0 Å². The SMILES string of the molecule is Cc1cc(Cl)cc(S)c1Br. The van der Waals surface area contributed by atoms with E-state index in [0.29, 0.717) is 0 Å². The number of hydrogen-bond donors (Lipinski definition) is 1. The van der Waals surface area contributed by atoms with Crippen molar-refractivity contribution < 1.29 is 0 Å². The van der Waals surface area contributed by atoms with Crippen LogP contribution in [0.4, 0.5) is 0 Å². The minimum Gasteiger partial charge on any atom is -0.142 e. The van der Waals surface area contributed by atoms with E-state index in [2.05, 4.69) is 28.6 Å². The summed E-state index contributed by atoms with van der Waals surface area (Å²) in [5.74, 6) is 0. The van der Waals surface area contributed by atoms with E-state index in [4.69, 9.17) is 11.6 Å². The topological polar surface area (TPSA) is 0 Å². The van der Waals surface area contributed by atoms with Gasteiger partial charge in [-0.1, -0.05) is 11.6 Å². The fourth-order valence-electron chi connectivity index (χ4n) is 0.708. The lowest BCUT2D eigenvalue weighted by Gasteiger charge is -2.01. The van der Waals surface area contributed by atoms with Gasteiger partial charge in [-0.05, 0) is 40.5 Å². The molecule has 1 aromatic rings. The van der Waals surface area contributed by atoms with Crippen LogP contribution in [0.1, 0.15) is 5.56 Å². The maximum absolute atomic E-state index is 5.75. The Kier molecular flexibility index (Phi) is 2.67. The molecule has 0 aliphatic heterocycles. The first-order valence-corrected chi connectivity index (χ1v) is 4.37. The van der Waals surface area contributed by atoms with Gasteiger partial charge in [0.05, 0.1) is 0 Å². The van der Waals surface area contributed by atoms with E-state index in [9.17, 15) is 0 Å². The summed E-state index contributed by atoms with van der Waals surface area (Å²) >= 11 is 13.3. The molecule has 0 aromatic heterocycles. The number of aryl methyl sites for hydroxylation is 1. The van der Waals surface area contributed by atoms with Crippen LogP contribution >= 0.6 is 40.2 Å². The average molecular weight is 238 g/mol. The van der Waals surface area contributed by atoms with Crippen molar-refractivity contribution in [3.05, 3.63) is 27.2 Å². The van der Waals surface area contributed by atoms with Crippen LogP contribution in [0.25, 0.3) is 0 Å². The second kappa shape index (κ2) is 3.16. The third kappa shape index (κ3) is 1.68. The van der Waals surface area contributed by atoms with Crippen LogP contribution in [0.2, 0.25) is 5.02 Å². The fraction of sp³-hybridized carbons (Fsp3) is 0.143. The molecule has 0 amide bonds. The molecule has 54 valence electrons. The summed E-state index contributed by atoms with van der Waals surface area (Å²) in [4.78, 5) is 0.880. The minimum atomic E-state index is 0.728. The standard InChI is InChI=1S/C7H6BrClS/c1-4-2-5(9)3-6(10)7(4)8/h2-3,10H,1H3. The Morgan fingerprint density at radius 1 is 1.50 bits per heavy atom. The van der Waals surface area contributed by atoms with Crippen LogP contribution in [0.5, 0.6) is 0 Å². The summed E-state index contributed by atoms with van der Waals surface area (Å²) in [5, 5.41) is 0.728. The van der Waals surface area contributed by atoms with Crippen LogP contribution in [0.3, 0.4) is 0 Å². The molecular weight excluding hydrogens is 232 g/mol. The Balaban J connectivity index is 3.31. The van der Waals surface area contributed by atoms with Gasteiger partial charge in [-0.2, -0.15) is 0 Å². The Morgan fingerprint density at radius 2 is 2.10 bits per heavy atom. The molecule has 10 heavy (non-hydrogen) atoms. The molecule has 0 N–H and O–H groups in total. The lowest BCUT2D eigenvalue weighted by atomic mass is 10.2. The highest BCUT2D eigenvalue weighted by Crippen LogP contribution is 2.27. The van der Waals surface area contributed by atoms with Crippen molar-refractivity contribution in [1.29, 1.82) is 0 Å². The van der Waals surface area contributed by atoms with E-state index in [0.717, 1.165) is 20.0 Å². The van der Waals surface area contributed by atoms with Gasteiger partial charge in [0.15, 0.2) is 0 Å². The molecule has 0 unspecified atom stereocenters. The van der Waals surface area contributed by atoms with Gasteiger partial charge in [-0.15, -0.1) is 12.6 Å². The highest BCUT2D eigenvalue weighted by atomic mass is 79.9. The molecule has 0 heterocycles. The zero-order chi connectivity index (χ0) is 7.72. The minimum absolute atomic E-state index is 0.728. The fourth-order valence-corrected chi connectivity index (χ4v) is 1.60. The van der Waals surface area contributed by atoms with Gasteiger partial charge in [0.25, 0.3) is 0 Å². The third-order valence-electron chi connectivity index (χ3n) is 1.20. The first-order valence-electron chi connectivity index (χ1n) is 2.76. The van der Waals surface area contributed by atoms with Gasteiger partial charge in [0.1, 0.15) is 0 Å². The number of rotatable bonds is 0. The molecule has 1 aromatic carbocycles. The highest BCUT2D eigenvalue weighted by molar-refractivity contribution is 9.10. The number of hydrogen-bond acceptors (Lipinski definition) is 1. The Labute approximate surface area is 79.1 Å².